The summed E-state index contributed by atoms with van der Waals surface area (Å²) in [5, 5.41) is 7.05. The van der Waals surface area contributed by atoms with Gasteiger partial charge in [-0.1, -0.05) is 6.07 Å². The molecule has 0 atom stereocenters. The molecule has 0 aliphatic heterocycles. The summed E-state index contributed by atoms with van der Waals surface area (Å²) in [6.45, 7) is 3.67. The van der Waals surface area contributed by atoms with Gasteiger partial charge >= 0.3 is 0 Å². The molecule has 0 saturated carbocycles. The van der Waals surface area contributed by atoms with Crippen molar-refractivity contribution in [2.45, 2.75) is 18.7 Å². The number of rotatable bonds is 3. The Hall–Kier alpha value is -2.41. The summed E-state index contributed by atoms with van der Waals surface area (Å²) in [6.07, 6.45) is 3.21. The maximum atomic E-state index is 12.6. The van der Waals surface area contributed by atoms with Crippen LogP contribution in [0.3, 0.4) is 0 Å². The molecule has 2 N–H and O–H groups in total. The van der Waals surface area contributed by atoms with E-state index in [0.717, 1.165) is 11.1 Å². The minimum absolute atomic E-state index is 0.199. The molecule has 0 unspecified atom stereocenters. The number of aromatic amines is 1. The molecule has 0 fully saturated rings. The molecule has 3 rings (SSSR count). The summed E-state index contributed by atoms with van der Waals surface area (Å²) in [4.78, 5) is 4.46. The van der Waals surface area contributed by atoms with Gasteiger partial charge < -0.3 is 0 Å². The Balaban J connectivity index is 2.16. The molecule has 0 aliphatic rings. The first-order chi connectivity index (χ1) is 9.99. The lowest BCUT2D eigenvalue weighted by molar-refractivity contribution is 0.602. The quantitative estimate of drug-likeness (QED) is 0.777. The van der Waals surface area contributed by atoms with Crippen LogP contribution in [0.1, 0.15) is 11.1 Å². The number of fused-ring (bicyclic) bond motifs is 1. The Bertz CT molecular complexity index is 916. The number of nitrogens with zero attached hydrogens (tertiary/aromatic N) is 2. The fraction of sp³-hybridized carbons (Fsp3) is 0.143. The Morgan fingerprint density at radius 3 is 2.67 bits per heavy atom. The van der Waals surface area contributed by atoms with Crippen LogP contribution in [-0.4, -0.2) is 23.6 Å². The van der Waals surface area contributed by atoms with E-state index in [1.54, 1.807) is 43.6 Å². The minimum atomic E-state index is -3.71. The first-order valence-electron chi connectivity index (χ1n) is 6.36. The largest absolute Gasteiger partial charge is 0.263 e. The molecule has 0 aliphatic carbocycles. The summed E-state index contributed by atoms with van der Waals surface area (Å²) in [5.41, 5.74) is 2.34. The van der Waals surface area contributed by atoms with Gasteiger partial charge in [-0.25, -0.2) is 8.42 Å². The van der Waals surface area contributed by atoms with E-state index < -0.39 is 10.0 Å². The molecule has 0 saturated heterocycles. The van der Waals surface area contributed by atoms with E-state index in [-0.39, 0.29) is 4.90 Å². The average molecular weight is 302 g/mol. The minimum Gasteiger partial charge on any atom is -0.263 e. The number of benzene rings is 1. The van der Waals surface area contributed by atoms with Crippen molar-refractivity contribution >= 4 is 26.7 Å². The molecule has 3 aromatic rings. The number of anilines is 1. The third kappa shape index (κ3) is 2.36. The first-order valence-corrected chi connectivity index (χ1v) is 7.84. The van der Waals surface area contributed by atoms with Gasteiger partial charge in [-0.05, 0) is 37.6 Å². The molecule has 0 spiro atoms. The van der Waals surface area contributed by atoms with E-state index in [1.807, 2.05) is 6.92 Å². The number of H-pyrrole nitrogens is 1. The van der Waals surface area contributed by atoms with Crippen LogP contribution in [0.15, 0.2) is 41.6 Å². The lowest BCUT2D eigenvalue weighted by Crippen LogP contribution is -2.14. The highest BCUT2D eigenvalue weighted by molar-refractivity contribution is 7.93. The number of sulfonamides is 1. The topological polar surface area (TPSA) is 87.7 Å². The third-order valence-electron chi connectivity index (χ3n) is 3.29. The van der Waals surface area contributed by atoms with E-state index in [1.165, 1.54) is 0 Å². The molecule has 1 aromatic carbocycles. The number of hydrogen-bond donors (Lipinski definition) is 2. The summed E-state index contributed by atoms with van der Waals surface area (Å²) in [6, 6.07) is 6.82. The van der Waals surface area contributed by atoms with E-state index in [2.05, 4.69) is 19.9 Å². The van der Waals surface area contributed by atoms with Crippen LogP contribution in [0.4, 0.5) is 5.82 Å². The maximum Gasteiger partial charge on any atom is 0.263 e. The van der Waals surface area contributed by atoms with Crippen LogP contribution in [0, 0.1) is 13.8 Å². The van der Waals surface area contributed by atoms with Crippen molar-refractivity contribution in [1.82, 2.24) is 15.2 Å². The normalized spacial score (nSPS) is 11.7. The van der Waals surface area contributed by atoms with Crippen molar-refractivity contribution < 1.29 is 8.42 Å². The maximum absolute atomic E-state index is 12.6. The lowest BCUT2D eigenvalue weighted by Gasteiger charge is -2.10. The highest BCUT2D eigenvalue weighted by atomic mass is 32.2. The van der Waals surface area contributed by atoms with E-state index in [9.17, 15) is 8.42 Å². The Morgan fingerprint density at radius 2 is 1.95 bits per heavy atom. The van der Waals surface area contributed by atoms with Gasteiger partial charge in [0.15, 0.2) is 0 Å². The number of aromatic nitrogens is 3. The van der Waals surface area contributed by atoms with Gasteiger partial charge in [-0.3, -0.25) is 14.8 Å². The molecule has 6 nitrogen and oxygen atoms in total. The second kappa shape index (κ2) is 4.85. The zero-order chi connectivity index (χ0) is 15.0. The summed E-state index contributed by atoms with van der Waals surface area (Å²) in [7, 11) is -3.71. The smallest absolute Gasteiger partial charge is 0.263 e. The molecule has 7 heteroatoms. The van der Waals surface area contributed by atoms with E-state index in [0.29, 0.717) is 16.7 Å². The standard InChI is InChI=1S/C14H14N4O2S/c1-9-5-6-12(11-4-3-7-15-13(9)11)21(19,20)18-14-10(2)8-16-17-14/h3-8H,1-2H3,(H2,16,17,18). The van der Waals surface area contributed by atoms with E-state index in [4.69, 9.17) is 0 Å². The fourth-order valence-electron chi connectivity index (χ4n) is 2.16. The van der Waals surface area contributed by atoms with Gasteiger partial charge in [0.05, 0.1) is 16.6 Å². The zero-order valence-electron chi connectivity index (χ0n) is 11.6. The molecule has 21 heavy (non-hydrogen) atoms. The molecule has 0 amide bonds. The summed E-state index contributed by atoms with van der Waals surface area (Å²) >= 11 is 0. The van der Waals surface area contributed by atoms with Gasteiger partial charge in [0.1, 0.15) is 5.82 Å². The molecular formula is C14H14N4O2S. The van der Waals surface area contributed by atoms with Gasteiger partial charge in [-0.2, -0.15) is 5.10 Å². The van der Waals surface area contributed by atoms with Gasteiger partial charge in [-0.15, -0.1) is 0 Å². The highest BCUT2D eigenvalue weighted by Crippen LogP contribution is 2.26. The monoisotopic (exact) mass is 302 g/mol. The van der Waals surface area contributed by atoms with E-state index >= 15 is 0 Å². The highest BCUT2D eigenvalue weighted by Gasteiger charge is 2.20. The van der Waals surface area contributed by atoms with Gasteiger partial charge in [0.25, 0.3) is 10.0 Å². The number of pyridine rings is 1. The Morgan fingerprint density at radius 1 is 1.14 bits per heavy atom. The van der Waals surface area contributed by atoms with Crippen LogP contribution in [0.25, 0.3) is 10.9 Å². The molecule has 0 radical (unpaired) electrons. The number of hydrogen-bond acceptors (Lipinski definition) is 4. The van der Waals surface area contributed by atoms with Crippen molar-refractivity contribution in [3.63, 3.8) is 0 Å². The van der Waals surface area contributed by atoms with Crippen molar-refractivity contribution in [3.05, 3.63) is 47.8 Å². The predicted molar refractivity (Wildman–Crippen MR) is 80.6 cm³/mol. The number of aryl methyl sites for hydroxylation is 2. The van der Waals surface area contributed by atoms with Crippen molar-refractivity contribution in [2.75, 3.05) is 4.72 Å². The third-order valence-corrected chi connectivity index (χ3v) is 4.69. The van der Waals surface area contributed by atoms with Crippen molar-refractivity contribution in [3.8, 4) is 0 Å². The van der Waals surface area contributed by atoms with Crippen molar-refractivity contribution in [2.24, 2.45) is 0 Å². The lowest BCUT2D eigenvalue weighted by atomic mass is 10.1. The van der Waals surface area contributed by atoms with Crippen LogP contribution < -0.4 is 4.72 Å². The van der Waals surface area contributed by atoms with Crippen LogP contribution >= 0.6 is 0 Å². The second-order valence-electron chi connectivity index (χ2n) is 4.81. The molecule has 0 bridgehead atoms. The fourth-order valence-corrected chi connectivity index (χ4v) is 3.45. The first kappa shape index (κ1) is 13.6. The summed E-state index contributed by atoms with van der Waals surface area (Å²) < 4.78 is 27.7. The molecule has 2 heterocycles. The van der Waals surface area contributed by atoms with Gasteiger partial charge in [0, 0.05) is 17.1 Å². The van der Waals surface area contributed by atoms with Crippen LogP contribution in [0.2, 0.25) is 0 Å². The predicted octanol–water partition coefficient (Wildman–Crippen LogP) is 2.38. The molecular weight excluding hydrogens is 288 g/mol. The average Bonchev–Trinajstić information content (AvgIpc) is 2.84. The van der Waals surface area contributed by atoms with Crippen molar-refractivity contribution in [1.29, 1.82) is 0 Å². The van der Waals surface area contributed by atoms with Gasteiger partial charge in [0.2, 0.25) is 0 Å². The number of nitrogens with one attached hydrogen (secondary N) is 2. The van der Waals surface area contributed by atoms with Crippen LogP contribution in [0.5, 0.6) is 0 Å². The van der Waals surface area contributed by atoms with Crippen LogP contribution in [-0.2, 0) is 10.0 Å². The Labute approximate surface area is 122 Å². The Kier molecular flexibility index (Phi) is 3.13. The summed E-state index contributed by atoms with van der Waals surface area (Å²) in [5.74, 6) is 0.368. The SMILES string of the molecule is Cc1cn[nH]c1NS(=O)(=O)c1ccc(C)c2ncccc12. The second-order valence-corrected chi connectivity index (χ2v) is 6.46. The molecule has 108 valence electrons. The zero-order valence-corrected chi connectivity index (χ0v) is 12.4. The molecule has 2 aromatic heterocycles.